The second-order valence-electron chi connectivity index (χ2n) is 5.88. The van der Waals surface area contributed by atoms with Gasteiger partial charge in [0, 0.05) is 19.7 Å². The lowest BCUT2D eigenvalue weighted by atomic mass is 9.91. The maximum atomic E-state index is 9.99. The van der Waals surface area contributed by atoms with E-state index in [1.54, 1.807) is 0 Å². The van der Waals surface area contributed by atoms with Crippen molar-refractivity contribution in [1.82, 2.24) is 5.32 Å². The molecule has 0 aromatic heterocycles. The zero-order valence-corrected chi connectivity index (χ0v) is 13.6. The van der Waals surface area contributed by atoms with Crippen LogP contribution < -0.4 is 10.1 Å². The molecule has 1 atom stereocenters. The van der Waals surface area contributed by atoms with E-state index in [4.69, 9.17) is 9.47 Å². The van der Waals surface area contributed by atoms with Gasteiger partial charge in [0.05, 0.1) is 6.61 Å². The molecule has 0 aliphatic heterocycles. The summed E-state index contributed by atoms with van der Waals surface area (Å²) in [5, 5.41) is 13.2. The summed E-state index contributed by atoms with van der Waals surface area (Å²) in [6.45, 7) is 5.21. The van der Waals surface area contributed by atoms with Crippen molar-refractivity contribution in [2.75, 3.05) is 32.9 Å². The third-order valence-electron chi connectivity index (χ3n) is 3.94. The zero-order valence-electron chi connectivity index (χ0n) is 13.6. The van der Waals surface area contributed by atoms with E-state index in [1.165, 1.54) is 24.0 Å². The summed E-state index contributed by atoms with van der Waals surface area (Å²) in [6, 6.07) is 6.26. The molecule has 1 aliphatic carbocycles. The second kappa shape index (κ2) is 9.82. The molecular formula is C18H29NO3. The molecule has 1 aromatic carbocycles. The Labute approximate surface area is 133 Å². The Morgan fingerprint density at radius 3 is 2.95 bits per heavy atom. The van der Waals surface area contributed by atoms with Crippen LogP contribution in [0.25, 0.3) is 0 Å². The Hall–Kier alpha value is -1.10. The fraction of sp³-hybridized carbons (Fsp3) is 0.667. The molecule has 2 rings (SSSR count). The number of nitrogens with one attached hydrogen (secondary N) is 1. The van der Waals surface area contributed by atoms with Gasteiger partial charge in [0.1, 0.15) is 18.5 Å². The van der Waals surface area contributed by atoms with Crippen LogP contribution in [0.2, 0.25) is 0 Å². The Balaban J connectivity index is 1.67. The van der Waals surface area contributed by atoms with Crippen molar-refractivity contribution in [1.29, 1.82) is 0 Å². The molecule has 1 aromatic rings. The molecule has 1 unspecified atom stereocenters. The lowest BCUT2D eigenvalue weighted by Gasteiger charge is -2.20. The van der Waals surface area contributed by atoms with Crippen LogP contribution in [0.4, 0.5) is 0 Å². The van der Waals surface area contributed by atoms with Gasteiger partial charge in [-0.3, -0.25) is 0 Å². The van der Waals surface area contributed by atoms with Gasteiger partial charge in [0.2, 0.25) is 0 Å². The fourth-order valence-corrected chi connectivity index (χ4v) is 2.79. The van der Waals surface area contributed by atoms with E-state index in [0.29, 0.717) is 19.8 Å². The molecule has 4 nitrogen and oxygen atoms in total. The highest BCUT2D eigenvalue weighted by molar-refractivity contribution is 5.41. The van der Waals surface area contributed by atoms with Crippen LogP contribution in [-0.2, 0) is 17.6 Å². The molecule has 124 valence electrons. The predicted octanol–water partition coefficient (Wildman–Crippen LogP) is 2.32. The third kappa shape index (κ3) is 5.59. The Bertz CT molecular complexity index is 436. The number of aliphatic hydroxyl groups is 1. The normalized spacial score (nSPS) is 15.4. The van der Waals surface area contributed by atoms with Gasteiger partial charge < -0.3 is 19.9 Å². The molecule has 0 saturated heterocycles. The molecule has 0 amide bonds. The van der Waals surface area contributed by atoms with Gasteiger partial charge in [0.25, 0.3) is 0 Å². The fourth-order valence-electron chi connectivity index (χ4n) is 2.79. The summed E-state index contributed by atoms with van der Waals surface area (Å²) in [4.78, 5) is 0. The van der Waals surface area contributed by atoms with Crippen LogP contribution in [0, 0.1) is 0 Å². The van der Waals surface area contributed by atoms with Crippen molar-refractivity contribution >= 4 is 0 Å². The van der Waals surface area contributed by atoms with Crippen molar-refractivity contribution in [2.24, 2.45) is 0 Å². The average molecular weight is 307 g/mol. The lowest BCUT2D eigenvalue weighted by Crippen LogP contribution is -2.33. The minimum Gasteiger partial charge on any atom is -0.491 e. The summed E-state index contributed by atoms with van der Waals surface area (Å²) in [7, 11) is 0. The number of aliphatic hydroxyl groups excluding tert-OH is 1. The van der Waals surface area contributed by atoms with E-state index in [1.807, 2.05) is 6.07 Å². The number of hydrogen-bond acceptors (Lipinski definition) is 4. The second-order valence-corrected chi connectivity index (χ2v) is 5.88. The van der Waals surface area contributed by atoms with Crippen LogP contribution in [0.3, 0.4) is 0 Å². The molecule has 0 spiro atoms. The van der Waals surface area contributed by atoms with E-state index in [0.717, 1.165) is 38.2 Å². The molecule has 0 bridgehead atoms. The van der Waals surface area contributed by atoms with E-state index in [-0.39, 0.29) is 0 Å². The number of benzene rings is 1. The van der Waals surface area contributed by atoms with Gasteiger partial charge in [-0.1, -0.05) is 19.1 Å². The summed E-state index contributed by atoms with van der Waals surface area (Å²) in [5.74, 6) is 0.947. The van der Waals surface area contributed by atoms with Gasteiger partial charge in [-0.2, -0.15) is 0 Å². The molecule has 22 heavy (non-hydrogen) atoms. The Morgan fingerprint density at radius 2 is 2.09 bits per heavy atom. The van der Waals surface area contributed by atoms with Crippen LogP contribution >= 0.6 is 0 Å². The lowest BCUT2D eigenvalue weighted by molar-refractivity contribution is 0.0982. The standard InChI is InChI=1S/C18H29NO3/c1-2-11-21-12-10-19-13-16(20)14-22-18-9-5-7-15-6-3-4-8-17(15)18/h5,7,9,16,19-20H,2-4,6,8,10-14H2,1H3. The van der Waals surface area contributed by atoms with Crippen molar-refractivity contribution in [2.45, 2.75) is 45.1 Å². The highest BCUT2D eigenvalue weighted by Crippen LogP contribution is 2.29. The maximum Gasteiger partial charge on any atom is 0.122 e. The monoisotopic (exact) mass is 307 g/mol. The highest BCUT2D eigenvalue weighted by atomic mass is 16.5. The van der Waals surface area contributed by atoms with Crippen LogP contribution in [0.5, 0.6) is 5.75 Å². The quantitative estimate of drug-likeness (QED) is 0.651. The van der Waals surface area contributed by atoms with Gasteiger partial charge in [-0.15, -0.1) is 0 Å². The number of rotatable bonds is 10. The predicted molar refractivity (Wildman–Crippen MR) is 88.6 cm³/mol. The minimum atomic E-state index is -0.495. The zero-order chi connectivity index (χ0) is 15.6. The topological polar surface area (TPSA) is 50.7 Å². The van der Waals surface area contributed by atoms with Crippen molar-refractivity contribution in [3.05, 3.63) is 29.3 Å². The summed E-state index contributed by atoms with van der Waals surface area (Å²) in [6.07, 6.45) is 5.28. The third-order valence-corrected chi connectivity index (χ3v) is 3.94. The van der Waals surface area contributed by atoms with Crippen LogP contribution in [-0.4, -0.2) is 44.1 Å². The molecular weight excluding hydrogens is 278 g/mol. The van der Waals surface area contributed by atoms with E-state index >= 15 is 0 Å². The van der Waals surface area contributed by atoms with Crippen molar-refractivity contribution < 1.29 is 14.6 Å². The van der Waals surface area contributed by atoms with Crippen molar-refractivity contribution in [3.8, 4) is 5.75 Å². The first-order valence-electron chi connectivity index (χ1n) is 8.51. The van der Waals surface area contributed by atoms with Crippen LogP contribution in [0.1, 0.15) is 37.3 Å². The number of aryl methyl sites for hydroxylation is 1. The Morgan fingerprint density at radius 1 is 1.23 bits per heavy atom. The number of ether oxygens (including phenoxy) is 2. The smallest absolute Gasteiger partial charge is 0.122 e. The molecule has 0 heterocycles. The molecule has 0 fully saturated rings. The number of hydrogen-bond donors (Lipinski definition) is 2. The van der Waals surface area contributed by atoms with Crippen molar-refractivity contribution in [3.63, 3.8) is 0 Å². The Kier molecular flexibility index (Phi) is 7.71. The molecule has 2 N–H and O–H groups in total. The van der Waals surface area contributed by atoms with Gasteiger partial charge >= 0.3 is 0 Å². The van der Waals surface area contributed by atoms with E-state index < -0.39 is 6.10 Å². The highest BCUT2D eigenvalue weighted by Gasteiger charge is 2.14. The summed E-state index contributed by atoms with van der Waals surface area (Å²) in [5.41, 5.74) is 2.74. The first kappa shape index (κ1) is 17.3. The number of fused-ring (bicyclic) bond motifs is 1. The van der Waals surface area contributed by atoms with E-state index in [9.17, 15) is 5.11 Å². The maximum absolute atomic E-state index is 9.99. The first-order chi connectivity index (χ1) is 10.8. The minimum absolute atomic E-state index is 0.333. The SMILES string of the molecule is CCCOCCNCC(O)COc1cccc2c1CCCC2. The van der Waals surface area contributed by atoms with Crippen LogP contribution in [0.15, 0.2) is 18.2 Å². The largest absolute Gasteiger partial charge is 0.491 e. The average Bonchev–Trinajstić information content (AvgIpc) is 2.56. The summed E-state index contributed by atoms with van der Waals surface area (Å²) < 4.78 is 11.2. The first-order valence-corrected chi connectivity index (χ1v) is 8.51. The van der Waals surface area contributed by atoms with Gasteiger partial charge in [0.15, 0.2) is 0 Å². The molecule has 0 radical (unpaired) electrons. The molecule has 4 heteroatoms. The van der Waals surface area contributed by atoms with Gasteiger partial charge in [-0.05, 0) is 49.3 Å². The van der Waals surface area contributed by atoms with E-state index in [2.05, 4.69) is 24.4 Å². The molecule has 1 aliphatic rings. The summed E-state index contributed by atoms with van der Waals surface area (Å²) >= 11 is 0. The molecule has 0 saturated carbocycles. The van der Waals surface area contributed by atoms with Gasteiger partial charge in [-0.25, -0.2) is 0 Å².